The predicted molar refractivity (Wildman–Crippen MR) is 145 cm³/mol. The lowest BCUT2D eigenvalue weighted by Crippen LogP contribution is -2.33. The van der Waals surface area contributed by atoms with Crippen molar-refractivity contribution in [3.05, 3.63) is 83.4 Å². The van der Waals surface area contributed by atoms with E-state index in [-0.39, 0.29) is 6.04 Å². The molecule has 5 rings (SSSR count). The molecule has 3 aromatic rings. The minimum absolute atomic E-state index is 0.240. The van der Waals surface area contributed by atoms with Crippen molar-refractivity contribution < 1.29 is 14.2 Å². The molecular formula is C31H38N2O3. The van der Waals surface area contributed by atoms with Gasteiger partial charge in [0.1, 0.15) is 23.9 Å². The normalized spacial score (nSPS) is 17.9. The Bertz CT molecular complexity index is 1110. The highest BCUT2D eigenvalue weighted by atomic mass is 16.5. The van der Waals surface area contributed by atoms with Crippen molar-refractivity contribution >= 4 is 5.69 Å². The summed E-state index contributed by atoms with van der Waals surface area (Å²) in [5.41, 5.74) is 5.06. The molecule has 0 saturated carbocycles. The molecule has 0 aliphatic carbocycles. The number of rotatable bonds is 9. The summed E-state index contributed by atoms with van der Waals surface area (Å²) in [6.07, 6.45) is 6.07. The molecule has 2 heterocycles. The van der Waals surface area contributed by atoms with Crippen LogP contribution in [0.2, 0.25) is 0 Å². The monoisotopic (exact) mass is 486 g/mol. The van der Waals surface area contributed by atoms with Gasteiger partial charge in [0.05, 0.1) is 25.9 Å². The Balaban J connectivity index is 1.34. The molecule has 5 heteroatoms. The average Bonchev–Trinajstić information content (AvgIpc) is 2.94. The van der Waals surface area contributed by atoms with E-state index >= 15 is 0 Å². The number of para-hydroxylation sites is 1. The van der Waals surface area contributed by atoms with Crippen LogP contribution in [-0.2, 0) is 13.0 Å². The van der Waals surface area contributed by atoms with Crippen LogP contribution >= 0.6 is 0 Å². The van der Waals surface area contributed by atoms with Gasteiger partial charge in [-0.15, -0.1) is 0 Å². The van der Waals surface area contributed by atoms with Crippen LogP contribution < -0.4 is 19.1 Å². The van der Waals surface area contributed by atoms with Gasteiger partial charge in [-0.3, -0.25) is 4.90 Å². The first-order valence-corrected chi connectivity index (χ1v) is 13.3. The molecule has 3 aromatic carbocycles. The third kappa shape index (κ3) is 5.62. The Morgan fingerprint density at radius 2 is 1.64 bits per heavy atom. The molecule has 0 radical (unpaired) electrons. The lowest BCUT2D eigenvalue weighted by atomic mass is 9.90. The number of hydrogen-bond donors (Lipinski definition) is 0. The first kappa shape index (κ1) is 24.5. The number of likely N-dealkylation sites (tertiary alicyclic amines) is 1. The van der Waals surface area contributed by atoms with Crippen LogP contribution in [-0.4, -0.2) is 45.4 Å². The van der Waals surface area contributed by atoms with Crippen LogP contribution in [0.3, 0.4) is 0 Å². The lowest BCUT2D eigenvalue weighted by molar-refractivity contribution is 0.183. The number of piperidine rings is 1. The fourth-order valence-electron chi connectivity index (χ4n) is 5.61. The molecule has 1 atom stereocenters. The largest absolute Gasteiger partial charge is 0.497 e. The Kier molecular flexibility index (Phi) is 7.97. The Morgan fingerprint density at radius 3 is 2.42 bits per heavy atom. The van der Waals surface area contributed by atoms with Crippen molar-refractivity contribution in [3.8, 4) is 17.2 Å². The van der Waals surface area contributed by atoms with E-state index in [4.69, 9.17) is 14.2 Å². The second kappa shape index (κ2) is 11.7. The average molecular weight is 487 g/mol. The zero-order valence-corrected chi connectivity index (χ0v) is 21.6. The summed E-state index contributed by atoms with van der Waals surface area (Å²) in [7, 11) is 3.49. The van der Waals surface area contributed by atoms with E-state index in [0.29, 0.717) is 0 Å². The van der Waals surface area contributed by atoms with Gasteiger partial charge >= 0.3 is 0 Å². The Hall–Kier alpha value is -3.18. The number of hydrogen-bond acceptors (Lipinski definition) is 5. The van der Waals surface area contributed by atoms with E-state index < -0.39 is 0 Å². The Morgan fingerprint density at radius 1 is 0.833 bits per heavy atom. The van der Waals surface area contributed by atoms with Gasteiger partial charge in [-0.05, 0) is 85.8 Å². The second-order valence-electron chi connectivity index (χ2n) is 9.82. The van der Waals surface area contributed by atoms with Crippen molar-refractivity contribution in [2.24, 2.45) is 0 Å². The van der Waals surface area contributed by atoms with Gasteiger partial charge in [0.25, 0.3) is 0 Å². The fraction of sp³-hybridized carbons (Fsp3) is 0.419. The summed E-state index contributed by atoms with van der Waals surface area (Å²) in [6, 6.07) is 23.7. The highest BCUT2D eigenvalue weighted by Gasteiger charge is 2.30. The second-order valence-corrected chi connectivity index (χ2v) is 9.82. The molecule has 1 fully saturated rings. The number of aryl methyl sites for hydroxylation is 1. The maximum Gasteiger partial charge on any atom is 0.142 e. The molecule has 190 valence electrons. The minimum Gasteiger partial charge on any atom is -0.497 e. The summed E-state index contributed by atoms with van der Waals surface area (Å²) in [4.78, 5) is 5.01. The standard InChI is InChI=1S/C31H38N2O3/c1-34-28-10-6-9-26(22-28)29-17-14-25-8-7-11-30(35-2)31(25)33(29)23-24-12-15-27(16-13-24)36-21-20-32-18-4-3-5-19-32/h6-13,15-16,22,29H,3-5,14,17-21,23H2,1-2H3. The molecule has 36 heavy (non-hydrogen) atoms. The molecule has 0 spiro atoms. The van der Waals surface area contributed by atoms with Gasteiger partial charge in [0.15, 0.2) is 0 Å². The van der Waals surface area contributed by atoms with Crippen LogP contribution in [0.25, 0.3) is 0 Å². The van der Waals surface area contributed by atoms with Crippen molar-refractivity contribution in [2.45, 2.75) is 44.7 Å². The van der Waals surface area contributed by atoms with Gasteiger partial charge in [-0.25, -0.2) is 0 Å². The molecule has 0 bridgehead atoms. The zero-order valence-electron chi connectivity index (χ0n) is 21.6. The minimum atomic E-state index is 0.240. The maximum atomic E-state index is 6.07. The molecule has 5 nitrogen and oxygen atoms in total. The summed E-state index contributed by atoms with van der Waals surface area (Å²) < 4.78 is 17.4. The third-order valence-corrected chi connectivity index (χ3v) is 7.53. The molecule has 0 N–H and O–H groups in total. The number of anilines is 1. The molecule has 0 aromatic heterocycles. The van der Waals surface area contributed by atoms with Crippen molar-refractivity contribution in [3.63, 3.8) is 0 Å². The van der Waals surface area contributed by atoms with E-state index in [2.05, 4.69) is 70.5 Å². The first-order valence-electron chi connectivity index (χ1n) is 13.3. The molecule has 1 saturated heterocycles. The van der Waals surface area contributed by atoms with E-state index in [9.17, 15) is 0 Å². The first-order chi connectivity index (χ1) is 17.7. The van der Waals surface area contributed by atoms with Crippen molar-refractivity contribution in [2.75, 3.05) is 45.4 Å². The topological polar surface area (TPSA) is 34.2 Å². The van der Waals surface area contributed by atoms with Crippen LogP contribution in [0.1, 0.15) is 48.4 Å². The predicted octanol–water partition coefficient (Wildman–Crippen LogP) is 6.26. The highest BCUT2D eigenvalue weighted by Crippen LogP contribution is 2.45. The van der Waals surface area contributed by atoms with Crippen LogP contribution in [0.15, 0.2) is 66.7 Å². The fourth-order valence-corrected chi connectivity index (χ4v) is 5.61. The quantitative estimate of drug-likeness (QED) is 0.356. The molecule has 0 amide bonds. The number of fused-ring (bicyclic) bond motifs is 1. The zero-order chi connectivity index (χ0) is 24.7. The van der Waals surface area contributed by atoms with Gasteiger partial charge in [-0.1, -0.05) is 42.8 Å². The number of ether oxygens (including phenoxy) is 3. The number of nitrogens with zero attached hydrogens (tertiary/aromatic N) is 2. The molecule has 2 aliphatic rings. The van der Waals surface area contributed by atoms with Crippen LogP contribution in [0, 0.1) is 0 Å². The van der Waals surface area contributed by atoms with Crippen molar-refractivity contribution in [1.29, 1.82) is 0 Å². The SMILES string of the molecule is COc1cccc(C2CCc3cccc(OC)c3N2Cc2ccc(OCCN3CCCCC3)cc2)c1. The van der Waals surface area contributed by atoms with E-state index in [1.807, 2.05) is 6.07 Å². The van der Waals surface area contributed by atoms with Gasteiger partial charge in [-0.2, -0.15) is 0 Å². The summed E-state index contributed by atoms with van der Waals surface area (Å²) in [5.74, 6) is 2.76. The third-order valence-electron chi connectivity index (χ3n) is 7.53. The molecular weight excluding hydrogens is 448 g/mol. The highest BCUT2D eigenvalue weighted by molar-refractivity contribution is 5.67. The van der Waals surface area contributed by atoms with Crippen molar-refractivity contribution in [1.82, 2.24) is 4.90 Å². The lowest BCUT2D eigenvalue weighted by Gasteiger charge is -2.40. The molecule has 2 aliphatic heterocycles. The maximum absolute atomic E-state index is 6.07. The van der Waals surface area contributed by atoms with Gasteiger partial charge in [0, 0.05) is 13.1 Å². The van der Waals surface area contributed by atoms with Crippen LogP contribution in [0.4, 0.5) is 5.69 Å². The van der Waals surface area contributed by atoms with Gasteiger partial charge < -0.3 is 19.1 Å². The van der Waals surface area contributed by atoms with Crippen LogP contribution in [0.5, 0.6) is 17.2 Å². The van der Waals surface area contributed by atoms with E-state index in [0.717, 1.165) is 49.8 Å². The Labute approximate surface area is 215 Å². The van der Waals surface area contributed by atoms with E-state index in [1.54, 1.807) is 14.2 Å². The number of methoxy groups -OCH3 is 2. The molecule has 1 unspecified atom stereocenters. The van der Waals surface area contributed by atoms with Gasteiger partial charge in [0.2, 0.25) is 0 Å². The summed E-state index contributed by atoms with van der Waals surface area (Å²) in [6.45, 7) is 4.96. The summed E-state index contributed by atoms with van der Waals surface area (Å²) >= 11 is 0. The van der Waals surface area contributed by atoms with E-state index in [1.165, 1.54) is 54.7 Å². The smallest absolute Gasteiger partial charge is 0.142 e. The summed E-state index contributed by atoms with van der Waals surface area (Å²) in [5, 5.41) is 0. The number of benzene rings is 3.